The molecule has 0 aromatic carbocycles. The summed E-state index contributed by atoms with van der Waals surface area (Å²) in [4.78, 5) is 10.8. The molecule has 1 aromatic heterocycles. The number of anilines is 1. The minimum absolute atomic E-state index is 0.381. The molecule has 0 saturated carbocycles. The van der Waals surface area contributed by atoms with Crippen molar-refractivity contribution in [2.24, 2.45) is 0 Å². The fraction of sp³-hybridized carbons (Fsp3) is 0.667. The van der Waals surface area contributed by atoms with Crippen molar-refractivity contribution in [3.05, 3.63) is 17.0 Å². The van der Waals surface area contributed by atoms with Crippen LogP contribution in [0.3, 0.4) is 0 Å². The highest BCUT2D eigenvalue weighted by Gasteiger charge is 2.14. The summed E-state index contributed by atoms with van der Waals surface area (Å²) in [7, 11) is 1.62. The molecule has 0 aliphatic carbocycles. The van der Waals surface area contributed by atoms with E-state index in [-0.39, 0.29) is 0 Å². The lowest BCUT2D eigenvalue weighted by Crippen LogP contribution is -2.33. The summed E-state index contributed by atoms with van der Waals surface area (Å²) in [6.07, 6.45) is 1.06. The van der Waals surface area contributed by atoms with Gasteiger partial charge in [0.1, 0.15) is 17.6 Å². The summed E-state index contributed by atoms with van der Waals surface area (Å²) in [6.45, 7) is 7.72. The zero-order chi connectivity index (χ0) is 12.8. The summed E-state index contributed by atoms with van der Waals surface area (Å²) >= 11 is 6.00. The van der Waals surface area contributed by atoms with Crippen LogP contribution in [0, 0.1) is 0 Å². The van der Waals surface area contributed by atoms with Crippen molar-refractivity contribution in [1.29, 1.82) is 0 Å². The molecule has 0 aliphatic rings. The van der Waals surface area contributed by atoms with Gasteiger partial charge in [-0.1, -0.05) is 18.5 Å². The molecule has 1 unspecified atom stereocenters. The molecule has 0 radical (unpaired) electrons. The highest BCUT2D eigenvalue weighted by atomic mass is 35.5. The first-order valence-electron chi connectivity index (χ1n) is 5.91. The van der Waals surface area contributed by atoms with Crippen molar-refractivity contribution >= 4 is 17.4 Å². The number of rotatable bonds is 6. The Balaban J connectivity index is 3.01. The molecule has 4 nitrogen and oxygen atoms in total. The van der Waals surface area contributed by atoms with Crippen molar-refractivity contribution in [3.8, 4) is 0 Å². The molecule has 5 heteroatoms. The quantitative estimate of drug-likeness (QED) is 0.735. The van der Waals surface area contributed by atoms with Gasteiger partial charge in [0.15, 0.2) is 5.82 Å². The van der Waals surface area contributed by atoms with E-state index in [1.807, 2.05) is 0 Å². The third-order valence-electron chi connectivity index (χ3n) is 2.76. The van der Waals surface area contributed by atoms with E-state index in [9.17, 15) is 0 Å². The molecule has 1 aromatic rings. The Hall–Kier alpha value is -0.870. The van der Waals surface area contributed by atoms with Gasteiger partial charge in [-0.3, -0.25) is 0 Å². The van der Waals surface area contributed by atoms with Crippen LogP contribution >= 0.6 is 11.6 Å². The van der Waals surface area contributed by atoms with Crippen molar-refractivity contribution in [2.75, 3.05) is 18.6 Å². The van der Waals surface area contributed by atoms with Crippen LogP contribution in [0.15, 0.2) is 6.07 Å². The van der Waals surface area contributed by atoms with E-state index in [0.29, 0.717) is 23.6 Å². The van der Waals surface area contributed by atoms with E-state index in [1.54, 1.807) is 13.2 Å². The predicted molar refractivity (Wildman–Crippen MR) is 70.5 cm³/mol. The Morgan fingerprint density at radius 3 is 2.65 bits per heavy atom. The molecule has 17 heavy (non-hydrogen) atoms. The van der Waals surface area contributed by atoms with Gasteiger partial charge in [0, 0.05) is 25.8 Å². The molecule has 96 valence electrons. The first-order chi connectivity index (χ1) is 8.12. The topological polar surface area (TPSA) is 38.2 Å². The predicted octanol–water partition coefficient (Wildman–Crippen LogP) is 2.90. The molecular weight excluding hydrogens is 238 g/mol. The first-order valence-corrected chi connectivity index (χ1v) is 6.29. The van der Waals surface area contributed by atoms with E-state index in [0.717, 1.165) is 18.8 Å². The van der Waals surface area contributed by atoms with Crippen LogP contribution in [-0.2, 0) is 11.3 Å². The molecule has 0 aliphatic heterocycles. The van der Waals surface area contributed by atoms with Gasteiger partial charge in [0.2, 0.25) is 0 Å². The summed E-state index contributed by atoms with van der Waals surface area (Å²) < 4.78 is 5.04. The maximum atomic E-state index is 6.00. The molecule has 1 rings (SSSR count). The fourth-order valence-corrected chi connectivity index (χ4v) is 1.91. The Morgan fingerprint density at radius 1 is 1.41 bits per heavy atom. The van der Waals surface area contributed by atoms with Crippen molar-refractivity contribution in [2.45, 2.75) is 39.8 Å². The van der Waals surface area contributed by atoms with E-state index in [1.165, 1.54) is 0 Å². The van der Waals surface area contributed by atoms with Gasteiger partial charge < -0.3 is 9.64 Å². The summed E-state index contributed by atoms with van der Waals surface area (Å²) in [5, 5.41) is 0.462. The van der Waals surface area contributed by atoms with Crippen molar-refractivity contribution < 1.29 is 4.74 Å². The standard InChI is InChI=1S/C12H20ClN3O/c1-5-9(3)16(6-2)12-7-10(13)14-11(15-12)8-17-4/h7,9H,5-6,8H2,1-4H3. The number of methoxy groups -OCH3 is 1. The van der Waals surface area contributed by atoms with Crippen molar-refractivity contribution in [1.82, 2.24) is 9.97 Å². The van der Waals surface area contributed by atoms with Crippen LogP contribution in [0.2, 0.25) is 5.15 Å². The molecule has 0 N–H and O–H groups in total. The van der Waals surface area contributed by atoms with Crippen molar-refractivity contribution in [3.63, 3.8) is 0 Å². The minimum Gasteiger partial charge on any atom is -0.377 e. The fourth-order valence-electron chi connectivity index (χ4n) is 1.71. The Labute approximate surface area is 108 Å². The van der Waals surface area contributed by atoms with Gasteiger partial charge in [-0.25, -0.2) is 9.97 Å². The average molecular weight is 258 g/mol. The molecule has 0 fully saturated rings. The molecular formula is C12H20ClN3O. The zero-order valence-corrected chi connectivity index (χ0v) is 11.7. The lowest BCUT2D eigenvalue weighted by atomic mass is 10.2. The number of halogens is 1. The van der Waals surface area contributed by atoms with Crippen LogP contribution in [0.1, 0.15) is 33.0 Å². The number of hydrogen-bond acceptors (Lipinski definition) is 4. The summed E-state index contributed by atoms with van der Waals surface area (Å²) in [5.41, 5.74) is 0. The second kappa shape index (κ2) is 6.77. The molecule has 0 spiro atoms. The van der Waals surface area contributed by atoms with Crippen LogP contribution in [0.5, 0.6) is 0 Å². The Kier molecular flexibility index (Phi) is 5.65. The average Bonchev–Trinajstić information content (AvgIpc) is 2.29. The number of nitrogens with zero attached hydrogens (tertiary/aromatic N) is 3. The van der Waals surface area contributed by atoms with Crippen LogP contribution < -0.4 is 4.90 Å². The Bertz CT molecular complexity index is 360. The van der Waals surface area contributed by atoms with E-state index < -0.39 is 0 Å². The normalized spacial score (nSPS) is 12.5. The zero-order valence-electron chi connectivity index (χ0n) is 10.9. The summed E-state index contributed by atoms with van der Waals surface area (Å²) in [5.74, 6) is 1.49. The molecule has 1 atom stereocenters. The van der Waals surface area contributed by atoms with Gasteiger partial charge in [-0.15, -0.1) is 0 Å². The van der Waals surface area contributed by atoms with E-state index in [2.05, 4.69) is 35.6 Å². The highest BCUT2D eigenvalue weighted by molar-refractivity contribution is 6.29. The van der Waals surface area contributed by atoms with Crippen LogP contribution in [0.25, 0.3) is 0 Å². The lowest BCUT2D eigenvalue weighted by Gasteiger charge is -2.28. The third kappa shape index (κ3) is 3.82. The molecule has 1 heterocycles. The highest BCUT2D eigenvalue weighted by Crippen LogP contribution is 2.19. The number of ether oxygens (including phenoxy) is 1. The lowest BCUT2D eigenvalue weighted by molar-refractivity contribution is 0.178. The largest absolute Gasteiger partial charge is 0.377 e. The van der Waals surface area contributed by atoms with Gasteiger partial charge >= 0.3 is 0 Å². The molecule has 0 amide bonds. The monoisotopic (exact) mass is 257 g/mol. The summed E-state index contributed by atoms with van der Waals surface area (Å²) in [6, 6.07) is 2.23. The van der Waals surface area contributed by atoms with Gasteiger partial charge in [-0.05, 0) is 20.3 Å². The van der Waals surface area contributed by atoms with Crippen LogP contribution in [0.4, 0.5) is 5.82 Å². The van der Waals surface area contributed by atoms with Gasteiger partial charge in [0.05, 0.1) is 0 Å². The SMILES string of the molecule is CCC(C)N(CC)c1cc(Cl)nc(COC)n1. The van der Waals surface area contributed by atoms with Crippen LogP contribution in [-0.4, -0.2) is 29.7 Å². The molecule has 0 bridgehead atoms. The smallest absolute Gasteiger partial charge is 0.158 e. The number of aromatic nitrogens is 2. The van der Waals surface area contributed by atoms with E-state index >= 15 is 0 Å². The van der Waals surface area contributed by atoms with E-state index in [4.69, 9.17) is 16.3 Å². The maximum Gasteiger partial charge on any atom is 0.158 e. The van der Waals surface area contributed by atoms with Gasteiger partial charge in [-0.2, -0.15) is 0 Å². The minimum atomic E-state index is 0.381. The Morgan fingerprint density at radius 2 is 2.12 bits per heavy atom. The first kappa shape index (κ1) is 14.2. The number of hydrogen-bond donors (Lipinski definition) is 0. The maximum absolute atomic E-state index is 6.00. The van der Waals surface area contributed by atoms with Gasteiger partial charge in [0.25, 0.3) is 0 Å². The second-order valence-electron chi connectivity index (χ2n) is 3.94. The third-order valence-corrected chi connectivity index (χ3v) is 2.95. The second-order valence-corrected chi connectivity index (χ2v) is 4.33. The molecule has 0 saturated heterocycles.